The van der Waals surface area contributed by atoms with Crippen LogP contribution >= 0.6 is 11.8 Å². The maximum Gasteiger partial charge on any atom is 0.156 e. The van der Waals surface area contributed by atoms with Gasteiger partial charge in [0, 0.05) is 12.3 Å². The van der Waals surface area contributed by atoms with Gasteiger partial charge in [-0.3, -0.25) is 4.99 Å². The van der Waals surface area contributed by atoms with Crippen LogP contribution in [-0.2, 0) is 6.54 Å². The monoisotopic (exact) mass is 234 g/mol. The summed E-state index contributed by atoms with van der Waals surface area (Å²) < 4.78 is 0. The third kappa shape index (κ3) is 3.01. The van der Waals surface area contributed by atoms with Crippen molar-refractivity contribution < 1.29 is 0 Å². The molecule has 1 aromatic rings. The molecule has 1 aromatic carbocycles. The van der Waals surface area contributed by atoms with Gasteiger partial charge in [0.2, 0.25) is 0 Å². The van der Waals surface area contributed by atoms with Crippen LogP contribution in [0.15, 0.2) is 29.3 Å². The molecular formula is C13H18N2S. The Hall–Kier alpha value is -0.960. The highest BCUT2D eigenvalue weighted by atomic mass is 32.2. The minimum Gasteiger partial charge on any atom is -0.361 e. The Morgan fingerprint density at radius 3 is 2.62 bits per heavy atom. The molecule has 16 heavy (non-hydrogen) atoms. The smallest absolute Gasteiger partial charge is 0.156 e. The molecule has 0 bridgehead atoms. The second-order valence-electron chi connectivity index (χ2n) is 4.29. The lowest BCUT2D eigenvalue weighted by molar-refractivity contribution is 0.860. The van der Waals surface area contributed by atoms with E-state index in [0.717, 1.165) is 24.0 Å². The molecular weight excluding hydrogens is 216 g/mol. The van der Waals surface area contributed by atoms with E-state index in [0.29, 0.717) is 5.92 Å². The van der Waals surface area contributed by atoms with Gasteiger partial charge in [-0.2, -0.15) is 0 Å². The van der Waals surface area contributed by atoms with Crippen molar-refractivity contribution in [2.24, 2.45) is 4.99 Å². The molecule has 0 aliphatic carbocycles. The summed E-state index contributed by atoms with van der Waals surface area (Å²) in [6.45, 7) is 6.28. The Morgan fingerprint density at radius 2 is 2.06 bits per heavy atom. The number of nitrogens with zero attached hydrogens (tertiary/aromatic N) is 1. The summed E-state index contributed by atoms with van der Waals surface area (Å²) in [5.41, 5.74) is 2.72. The molecule has 0 aromatic heterocycles. The molecule has 1 heterocycles. The second kappa shape index (κ2) is 5.39. The van der Waals surface area contributed by atoms with Crippen molar-refractivity contribution in [3.05, 3.63) is 35.4 Å². The minimum atomic E-state index is 0.608. The SMILES string of the molecule is CC(C)c1ccc(CNC2=NCCS2)cc1. The van der Waals surface area contributed by atoms with Crippen LogP contribution in [0.5, 0.6) is 0 Å². The van der Waals surface area contributed by atoms with Crippen LogP contribution in [0.25, 0.3) is 0 Å². The molecule has 0 atom stereocenters. The van der Waals surface area contributed by atoms with E-state index in [1.54, 1.807) is 0 Å². The van der Waals surface area contributed by atoms with Crippen LogP contribution in [0.4, 0.5) is 0 Å². The summed E-state index contributed by atoms with van der Waals surface area (Å²) in [6, 6.07) is 8.82. The highest BCUT2D eigenvalue weighted by Gasteiger charge is 2.05. The van der Waals surface area contributed by atoms with E-state index in [1.165, 1.54) is 11.1 Å². The van der Waals surface area contributed by atoms with Crippen molar-refractivity contribution in [1.29, 1.82) is 0 Å². The Balaban J connectivity index is 1.89. The molecule has 0 amide bonds. The van der Waals surface area contributed by atoms with E-state index in [1.807, 2.05) is 11.8 Å². The summed E-state index contributed by atoms with van der Waals surface area (Å²) >= 11 is 1.81. The number of benzene rings is 1. The summed E-state index contributed by atoms with van der Waals surface area (Å²) in [5, 5.41) is 4.45. The molecule has 2 rings (SSSR count). The summed E-state index contributed by atoms with van der Waals surface area (Å²) in [6.07, 6.45) is 0. The van der Waals surface area contributed by atoms with E-state index < -0.39 is 0 Å². The zero-order chi connectivity index (χ0) is 11.4. The van der Waals surface area contributed by atoms with E-state index in [9.17, 15) is 0 Å². The molecule has 1 N–H and O–H groups in total. The molecule has 0 spiro atoms. The Labute approximate surface area is 102 Å². The predicted octanol–water partition coefficient (Wildman–Crippen LogP) is 3.00. The van der Waals surface area contributed by atoms with E-state index >= 15 is 0 Å². The van der Waals surface area contributed by atoms with Crippen LogP contribution in [-0.4, -0.2) is 17.5 Å². The molecule has 3 heteroatoms. The van der Waals surface area contributed by atoms with E-state index in [-0.39, 0.29) is 0 Å². The molecule has 1 aliphatic heterocycles. The number of aliphatic imine (C=N–C) groups is 1. The van der Waals surface area contributed by atoms with Gasteiger partial charge in [0.05, 0.1) is 6.54 Å². The summed E-state index contributed by atoms with van der Waals surface area (Å²) in [5.74, 6) is 1.73. The molecule has 0 saturated heterocycles. The van der Waals surface area contributed by atoms with Crippen molar-refractivity contribution in [2.75, 3.05) is 12.3 Å². The van der Waals surface area contributed by atoms with Crippen LogP contribution in [0.2, 0.25) is 0 Å². The van der Waals surface area contributed by atoms with Gasteiger partial charge in [-0.1, -0.05) is 49.9 Å². The summed E-state index contributed by atoms with van der Waals surface area (Å²) in [4.78, 5) is 4.37. The maximum absolute atomic E-state index is 4.37. The van der Waals surface area contributed by atoms with E-state index in [2.05, 4.69) is 48.4 Å². The van der Waals surface area contributed by atoms with Gasteiger partial charge in [0.15, 0.2) is 5.17 Å². The largest absolute Gasteiger partial charge is 0.361 e. The lowest BCUT2D eigenvalue weighted by atomic mass is 10.0. The molecule has 1 aliphatic rings. The van der Waals surface area contributed by atoms with Crippen molar-refractivity contribution in [3.63, 3.8) is 0 Å². The fourth-order valence-electron chi connectivity index (χ4n) is 1.64. The van der Waals surface area contributed by atoms with Gasteiger partial charge < -0.3 is 5.32 Å². The zero-order valence-corrected chi connectivity index (χ0v) is 10.7. The molecule has 0 saturated carbocycles. The number of thioether (sulfide) groups is 1. The average Bonchev–Trinajstić information content (AvgIpc) is 2.80. The van der Waals surface area contributed by atoms with Crippen LogP contribution in [0, 0.1) is 0 Å². The number of nitrogens with one attached hydrogen (secondary N) is 1. The third-order valence-electron chi connectivity index (χ3n) is 2.68. The molecule has 2 nitrogen and oxygen atoms in total. The highest BCUT2D eigenvalue weighted by Crippen LogP contribution is 2.15. The molecule has 0 unspecified atom stereocenters. The first kappa shape index (κ1) is 11.5. The van der Waals surface area contributed by atoms with E-state index in [4.69, 9.17) is 0 Å². The van der Waals surface area contributed by atoms with Gasteiger partial charge >= 0.3 is 0 Å². The number of rotatable bonds is 3. The lowest BCUT2D eigenvalue weighted by Crippen LogP contribution is -2.18. The van der Waals surface area contributed by atoms with Crippen molar-refractivity contribution in [1.82, 2.24) is 5.32 Å². The normalized spacial score (nSPS) is 15.3. The van der Waals surface area contributed by atoms with Gasteiger partial charge in [0.25, 0.3) is 0 Å². The first-order chi connectivity index (χ1) is 7.75. The van der Waals surface area contributed by atoms with Crippen LogP contribution < -0.4 is 5.32 Å². The molecule has 86 valence electrons. The highest BCUT2D eigenvalue weighted by molar-refractivity contribution is 8.14. The Bertz CT molecular complexity index is 368. The Kier molecular flexibility index (Phi) is 3.88. The second-order valence-corrected chi connectivity index (χ2v) is 5.37. The Morgan fingerprint density at radius 1 is 1.31 bits per heavy atom. The van der Waals surface area contributed by atoms with Crippen molar-refractivity contribution >= 4 is 16.9 Å². The average molecular weight is 234 g/mol. The summed E-state index contributed by atoms with van der Waals surface area (Å²) in [7, 11) is 0. The van der Waals surface area contributed by atoms with Crippen molar-refractivity contribution in [2.45, 2.75) is 26.3 Å². The van der Waals surface area contributed by atoms with Crippen molar-refractivity contribution in [3.8, 4) is 0 Å². The maximum atomic E-state index is 4.37. The first-order valence-electron chi connectivity index (χ1n) is 5.75. The fraction of sp³-hybridized carbons (Fsp3) is 0.462. The topological polar surface area (TPSA) is 24.4 Å². The quantitative estimate of drug-likeness (QED) is 0.869. The van der Waals surface area contributed by atoms with Crippen LogP contribution in [0.3, 0.4) is 0 Å². The third-order valence-corrected chi connectivity index (χ3v) is 3.61. The standard InChI is InChI=1S/C13H18N2S/c1-10(2)12-5-3-11(4-6-12)9-15-13-14-7-8-16-13/h3-6,10H,7-9H2,1-2H3,(H,14,15). The zero-order valence-electron chi connectivity index (χ0n) is 9.86. The molecule has 0 radical (unpaired) electrons. The fourth-order valence-corrected chi connectivity index (χ4v) is 2.37. The first-order valence-corrected chi connectivity index (χ1v) is 6.74. The van der Waals surface area contributed by atoms with Gasteiger partial charge in [0.1, 0.15) is 0 Å². The van der Waals surface area contributed by atoms with Gasteiger partial charge in [-0.05, 0) is 17.0 Å². The van der Waals surface area contributed by atoms with Crippen LogP contribution in [0.1, 0.15) is 30.9 Å². The molecule has 0 fully saturated rings. The van der Waals surface area contributed by atoms with Gasteiger partial charge in [-0.15, -0.1) is 0 Å². The number of hydrogen-bond donors (Lipinski definition) is 1. The van der Waals surface area contributed by atoms with Gasteiger partial charge in [-0.25, -0.2) is 0 Å². The predicted molar refractivity (Wildman–Crippen MR) is 72.1 cm³/mol. The number of hydrogen-bond acceptors (Lipinski definition) is 3. The minimum absolute atomic E-state index is 0.608. The lowest BCUT2D eigenvalue weighted by Gasteiger charge is -2.08. The number of amidine groups is 1.